The minimum absolute atomic E-state index is 0.126. The molecule has 0 spiro atoms. The lowest BCUT2D eigenvalue weighted by Crippen LogP contribution is -2.49. The van der Waals surface area contributed by atoms with E-state index in [1.807, 2.05) is 48.5 Å². The van der Waals surface area contributed by atoms with Crippen LogP contribution in [0.5, 0.6) is 0 Å². The average molecular weight is 1290 g/mol. The summed E-state index contributed by atoms with van der Waals surface area (Å²) in [6, 6.07) is 14.7. The molecule has 1 aliphatic heterocycles. The first-order valence-corrected chi connectivity index (χ1v) is 30.7. The lowest BCUT2D eigenvalue weighted by atomic mass is 10.0. The molecule has 504 valence electrons. The van der Waals surface area contributed by atoms with Gasteiger partial charge in [-0.1, -0.05) is 36.4 Å². The van der Waals surface area contributed by atoms with Crippen LogP contribution in [0.1, 0.15) is 36.2 Å². The molecule has 1 fully saturated rings. The molecule has 0 aliphatic carbocycles. The summed E-state index contributed by atoms with van der Waals surface area (Å²) in [7, 11) is 0. The minimum Gasteiger partial charge on any atom is -0.480 e. The first-order valence-electron chi connectivity index (χ1n) is 30.3. The van der Waals surface area contributed by atoms with E-state index >= 15 is 0 Å². The number of carbonyl (C=O) groups excluding carboxylic acids is 2. The molecule has 31 heteroatoms. The molecular formula is C59H93N11O19S. The highest BCUT2D eigenvalue weighted by atomic mass is 32.1. The zero-order valence-corrected chi connectivity index (χ0v) is 52.6. The Morgan fingerprint density at radius 1 is 0.478 bits per heavy atom. The van der Waals surface area contributed by atoms with E-state index in [0.29, 0.717) is 227 Å². The Bertz CT molecular complexity index is 2430. The van der Waals surface area contributed by atoms with Gasteiger partial charge < -0.3 is 88.7 Å². The molecule has 3 aromatic rings. The molecule has 0 unspecified atom stereocenters. The highest BCUT2D eigenvalue weighted by Crippen LogP contribution is 2.17. The highest BCUT2D eigenvalue weighted by molar-refractivity contribution is 7.80. The molecule has 2 aromatic carbocycles. The van der Waals surface area contributed by atoms with Gasteiger partial charge >= 0.3 is 17.9 Å². The van der Waals surface area contributed by atoms with Crippen molar-refractivity contribution in [1.29, 1.82) is 0 Å². The van der Waals surface area contributed by atoms with E-state index in [1.54, 1.807) is 21.6 Å². The van der Waals surface area contributed by atoms with Gasteiger partial charge in [-0.15, -0.1) is 20.4 Å². The second kappa shape index (κ2) is 49.5. The van der Waals surface area contributed by atoms with Gasteiger partial charge in [0.05, 0.1) is 165 Å². The molecule has 0 saturated carbocycles. The van der Waals surface area contributed by atoms with Crippen LogP contribution in [-0.2, 0) is 89.0 Å². The van der Waals surface area contributed by atoms with Gasteiger partial charge in [-0.2, -0.15) is 0 Å². The summed E-state index contributed by atoms with van der Waals surface area (Å²) in [5.41, 5.74) is 3.37. The molecule has 1 aliphatic rings. The molecule has 1 aromatic heterocycles. The van der Waals surface area contributed by atoms with Gasteiger partial charge in [0.15, 0.2) is 10.9 Å². The number of nitrogens with zero attached hydrogens (tertiary/aromatic N) is 7. The van der Waals surface area contributed by atoms with Crippen LogP contribution in [0.3, 0.4) is 0 Å². The molecule has 90 heavy (non-hydrogen) atoms. The van der Waals surface area contributed by atoms with Crippen LogP contribution in [-0.4, -0.2) is 302 Å². The molecule has 4 rings (SSSR count). The topological polar surface area (TPSA) is 357 Å². The SMILES string of the molecule is Cc1nnc(-c2ccc(CNC(=O)CCCC(=O)NCCOCCOCCOCCOCCOCCOCCOCCOCCOCCOCCOCCNC(=S)Nc3ccc(C[C@@H]4CN(CC(=O)O)CCN(CC(=O)O)CCN4CC(=O)O)cc3)cc2)nn1. The van der Waals surface area contributed by atoms with Crippen LogP contribution in [0.2, 0.25) is 0 Å². The minimum atomic E-state index is -1.02. The van der Waals surface area contributed by atoms with Gasteiger partial charge in [-0.05, 0) is 55.2 Å². The third kappa shape index (κ3) is 39.2. The number of anilines is 1. The first kappa shape index (κ1) is 76.3. The number of benzene rings is 2. The Balaban J connectivity index is 0.811. The number of hydrogen-bond acceptors (Lipinski definition) is 24. The van der Waals surface area contributed by atoms with Gasteiger partial charge in [0.2, 0.25) is 17.6 Å². The Kier molecular flexibility index (Phi) is 42.0. The van der Waals surface area contributed by atoms with Gasteiger partial charge in [-0.3, -0.25) is 38.7 Å². The van der Waals surface area contributed by atoms with E-state index in [9.17, 15) is 39.3 Å². The number of ether oxygens (including phenoxy) is 11. The third-order valence-electron chi connectivity index (χ3n) is 13.1. The number of aliphatic carboxylic acids is 3. The van der Waals surface area contributed by atoms with E-state index in [2.05, 4.69) is 41.7 Å². The molecule has 1 saturated heterocycles. The molecule has 1 atom stereocenters. The average Bonchev–Trinajstić information content (AvgIpc) is 1.96. The van der Waals surface area contributed by atoms with E-state index in [0.717, 1.165) is 22.4 Å². The van der Waals surface area contributed by atoms with E-state index in [1.165, 1.54) is 0 Å². The molecular weight excluding hydrogens is 1200 g/mol. The van der Waals surface area contributed by atoms with Crippen LogP contribution in [0.15, 0.2) is 48.5 Å². The Hall–Kier alpha value is -6.14. The maximum absolute atomic E-state index is 12.2. The summed E-state index contributed by atoms with van der Waals surface area (Å²) in [6.45, 7) is 13.3. The summed E-state index contributed by atoms with van der Waals surface area (Å²) in [4.78, 5) is 64.5. The van der Waals surface area contributed by atoms with Crippen LogP contribution in [0.25, 0.3) is 11.4 Å². The number of nitrogens with one attached hydrogen (secondary N) is 4. The van der Waals surface area contributed by atoms with Gasteiger partial charge in [-0.25, -0.2) is 0 Å². The Labute approximate surface area is 531 Å². The molecule has 0 radical (unpaired) electrons. The highest BCUT2D eigenvalue weighted by Gasteiger charge is 2.28. The quantitative estimate of drug-likeness (QED) is 0.0297. The number of carboxylic acids is 3. The lowest BCUT2D eigenvalue weighted by Gasteiger charge is -2.33. The number of aryl methyl sites for hydroxylation is 1. The Morgan fingerprint density at radius 3 is 1.32 bits per heavy atom. The van der Waals surface area contributed by atoms with Crippen LogP contribution in [0, 0.1) is 6.92 Å². The van der Waals surface area contributed by atoms with Crippen molar-refractivity contribution in [3.05, 3.63) is 65.5 Å². The number of thiocarbonyl (C=S) groups is 1. The standard InChI is InChI=1S/C59H93N11O19S/c1-47-64-66-58(67-65-47)50-9-5-49(6-10-50)42-62-54(72)4-2-3-53(71)60-13-19-79-21-23-81-25-27-83-29-31-85-33-35-87-37-39-89-40-38-88-36-34-86-32-30-84-28-26-82-24-22-80-20-14-61-59(90)63-51-11-7-48(8-12-51)41-52-43-69(45-56(75)76)16-15-68(44-55(73)74)17-18-70(52)46-57(77)78/h5-12,52H,2-4,13-46H2,1H3,(H,60,71)(H,62,72)(H,73,74)(H,75,76)(H,77,78)(H2,61,63,90)/t52-/m1/s1. The van der Waals surface area contributed by atoms with Crippen molar-refractivity contribution in [2.75, 3.05) is 216 Å². The molecule has 2 amide bonds. The van der Waals surface area contributed by atoms with Crippen LogP contribution >= 0.6 is 12.2 Å². The van der Waals surface area contributed by atoms with Gasteiger partial charge in [0, 0.05) is 82.5 Å². The number of hydrogen-bond donors (Lipinski definition) is 7. The molecule has 0 bridgehead atoms. The predicted octanol–water partition coefficient (Wildman–Crippen LogP) is 0.398. The van der Waals surface area contributed by atoms with Crippen molar-refractivity contribution in [2.24, 2.45) is 0 Å². The maximum atomic E-state index is 12.2. The number of amides is 2. The summed E-state index contributed by atoms with van der Waals surface area (Å²) in [5.74, 6) is -2.37. The van der Waals surface area contributed by atoms with Crippen molar-refractivity contribution < 1.29 is 91.4 Å². The molecule has 2 heterocycles. The fourth-order valence-corrected chi connectivity index (χ4v) is 8.76. The Morgan fingerprint density at radius 2 is 0.867 bits per heavy atom. The number of carboxylic acid groups (broad SMARTS) is 3. The zero-order chi connectivity index (χ0) is 64.5. The lowest BCUT2D eigenvalue weighted by molar-refractivity contribution is -0.140. The number of carbonyl (C=O) groups is 5. The summed E-state index contributed by atoms with van der Waals surface area (Å²) < 4.78 is 60.9. The first-order chi connectivity index (χ1) is 43.8. The fourth-order valence-electron chi connectivity index (χ4n) is 8.54. The predicted molar refractivity (Wildman–Crippen MR) is 331 cm³/mol. The van der Waals surface area contributed by atoms with Gasteiger partial charge in [0.25, 0.3) is 0 Å². The largest absolute Gasteiger partial charge is 0.480 e. The van der Waals surface area contributed by atoms with E-state index in [-0.39, 0.29) is 50.3 Å². The van der Waals surface area contributed by atoms with Crippen molar-refractivity contribution in [1.82, 2.24) is 51.0 Å². The van der Waals surface area contributed by atoms with Crippen molar-refractivity contribution in [3.8, 4) is 11.4 Å². The van der Waals surface area contributed by atoms with Crippen LogP contribution < -0.4 is 21.3 Å². The zero-order valence-electron chi connectivity index (χ0n) is 51.8. The van der Waals surface area contributed by atoms with Crippen LogP contribution in [0.4, 0.5) is 5.69 Å². The normalized spacial score (nSPS) is 14.1. The molecule has 7 N–H and O–H groups in total. The summed E-state index contributed by atoms with van der Waals surface area (Å²) in [5, 5.41) is 56.8. The van der Waals surface area contributed by atoms with Crippen molar-refractivity contribution >= 4 is 52.7 Å². The fraction of sp³-hybridized carbons (Fsp3) is 0.661. The molecule has 30 nitrogen and oxygen atoms in total. The van der Waals surface area contributed by atoms with Crippen molar-refractivity contribution in [2.45, 2.75) is 45.2 Å². The number of rotatable bonds is 52. The smallest absolute Gasteiger partial charge is 0.317 e. The maximum Gasteiger partial charge on any atom is 0.317 e. The monoisotopic (exact) mass is 1290 g/mol. The number of aromatic nitrogens is 4. The van der Waals surface area contributed by atoms with Gasteiger partial charge in [0.1, 0.15) is 0 Å². The van der Waals surface area contributed by atoms with E-state index < -0.39 is 17.9 Å². The van der Waals surface area contributed by atoms with E-state index in [4.69, 9.17) is 64.3 Å². The summed E-state index contributed by atoms with van der Waals surface area (Å²) in [6.07, 6.45) is 1.39. The summed E-state index contributed by atoms with van der Waals surface area (Å²) >= 11 is 5.44. The van der Waals surface area contributed by atoms with Crippen molar-refractivity contribution in [3.63, 3.8) is 0 Å². The second-order valence-corrected chi connectivity index (χ2v) is 20.7. The second-order valence-electron chi connectivity index (χ2n) is 20.3. The third-order valence-corrected chi connectivity index (χ3v) is 13.3.